The molecule has 0 aliphatic rings. The van der Waals surface area contributed by atoms with Crippen molar-refractivity contribution in [3.8, 4) is 0 Å². The van der Waals surface area contributed by atoms with Gasteiger partial charge in [0.15, 0.2) is 0 Å². The Morgan fingerprint density at radius 2 is 2.33 bits per heavy atom. The van der Waals surface area contributed by atoms with E-state index in [0.717, 1.165) is 0 Å². The molecule has 0 spiro atoms. The minimum absolute atomic E-state index is 0.100. The second-order valence-electron chi connectivity index (χ2n) is 3.02. The third-order valence-electron chi connectivity index (χ3n) is 1.98. The van der Waals surface area contributed by atoms with Crippen molar-refractivity contribution in [3.63, 3.8) is 0 Å². The summed E-state index contributed by atoms with van der Waals surface area (Å²) in [5, 5.41) is 0.214. The Bertz CT molecular complexity index is 350. The van der Waals surface area contributed by atoms with E-state index in [4.69, 9.17) is 17.3 Å². The summed E-state index contributed by atoms with van der Waals surface area (Å²) in [5.74, 6) is -1.01. The maximum atomic E-state index is 13.3. The molecule has 0 unspecified atom stereocenters. The smallest absolute Gasteiger partial charge is 0.307 e. The predicted octanol–water partition coefficient (Wildman–Crippen LogP) is 2.04. The molecular formula is C10H11ClFNO2. The van der Waals surface area contributed by atoms with Gasteiger partial charge < -0.3 is 10.5 Å². The molecule has 0 saturated heterocycles. The van der Waals surface area contributed by atoms with Crippen LogP contribution in [0.15, 0.2) is 18.2 Å². The van der Waals surface area contributed by atoms with E-state index in [1.807, 2.05) is 0 Å². The Kier molecular flexibility index (Phi) is 4.05. The summed E-state index contributed by atoms with van der Waals surface area (Å²) in [6.07, 6.45) is -0.100. The Hall–Kier alpha value is -1.13. The molecule has 1 rings (SSSR count). The maximum absolute atomic E-state index is 13.3. The molecule has 0 radical (unpaired) electrons. The molecule has 0 bridgehead atoms. The summed E-state index contributed by atoms with van der Waals surface area (Å²) in [6.45, 7) is 0. The van der Waals surface area contributed by atoms with Crippen LogP contribution in [-0.4, -0.2) is 13.1 Å². The third kappa shape index (κ3) is 2.91. The van der Waals surface area contributed by atoms with E-state index >= 15 is 0 Å². The number of ether oxygens (including phenoxy) is 1. The Morgan fingerprint density at radius 3 is 2.87 bits per heavy atom. The minimum Gasteiger partial charge on any atom is -0.469 e. The highest BCUT2D eigenvalue weighted by Crippen LogP contribution is 2.26. The van der Waals surface area contributed by atoms with Crippen LogP contribution >= 0.6 is 11.6 Å². The van der Waals surface area contributed by atoms with Crippen LogP contribution in [0.25, 0.3) is 0 Å². The van der Waals surface area contributed by atoms with Gasteiger partial charge in [0.05, 0.1) is 13.5 Å². The lowest BCUT2D eigenvalue weighted by molar-refractivity contribution is -0.141. The molecular weight excluding hydrogens is 221 g/mol. The van der Waals surface area contributed by atoms with Gasteiger partial charge in [-0.1, -0.05) is 17.7 Å². The van der Waals surface area contributed by atoms with Crippen LogP contribution in [0.3, 0.4) is 0 Å². The lowest BCUT2D eigenvalue weighted by Gasteiger charge is -2.13. The standard InChI is InChI=1S/C10H11ClFNO2/c1-15-9(14)5-8(13)10-6(11)3-2-4-7(10)12/h2-4,8H,5,13H2,1H3/t8-/m0/s1. The van der Waals surface area contributed by atoms with E-state index in [0.29, 0.717) is 0 Å². The highest BCUT2D eigenvalue weighted by atomic mass is 35.5. The third-order valence-corrected chi connectivity index (χ3v) is 2.31. The van der Waals surface area contributed by atoms with Crippen molar-refractivity contribution in [2.45, 2.75) is 12.5 Å². The highest BCUT2D eigenvalue weighted by Gasteiger charge is 2.18. The number of esters is 1. The van der Waals surface area contributed by atoms with E-state index in [9.17, 15) is 9.18 Å². The van der Waals surface area contributed by atoms with Crippen molar-refractivity contribution in [3.05, 3.63) is 34.6 Å². The van der Waals surface area contributed by atoms with Gasteiger partial charge in [0.2, 0.25) is 0 Å². The van der Waals surface area contributed by atoms with Gasteiger partial charge in [0.1, 0.15) is 5.82 Å². The lowest BCUT2D eigenvalue weighted by Crippen LogP contribution is -2.18. The fraction of sp³-hybridized carbons (Fsp3) is 0.300. The van der Waals surface area contributed by atoms with Crippen LogP contribution in [0.4, 0.5) is 4.39 Å². The van der Waals surface area contributed by atoms with Crippen LogP contribution in [0.1, 0.15) is 18.0 Å². The van der Waals surface area contributed by atoms with Gasteiger partial charge >= 0.3 is 5.97 Å². The normalized spacial score (nSPS) is 12.3. The van der Waals surface area contributed by atoms with Gasteiger partial charge in [-0.05, 0) is 12.1 Å². The van der Waals surface area contributed by atoms with Gasteiger partial charge in [-0.2, -0.15) is 0 Å². The van der Waals surface area contributed by atoms with E-state index in [1.54, 1.807) is 0 Å². The van der Waals surface area contributed by atoms with Crippen molar-refractivity contribution in [2.75, 3.05) is 7.11 Å². The molecule has 0 saturated carbocycles. The minimum atomic E-state index is -0.786. The SMILES string of the molecule is COC(=O)C[C@H](N)c1c(F)cccc1Cl. The Labute approximate surface area is 92.0 Å². The number of nitrogens with two attached hydrogens (primary N) is 1. The summed E-state index contributed by atoms with van der Waals surface area (Å²) in [7, 11) is 1.25. The molecule has 1 aromatic rings. The molecule has 82 valence electrons. The number of benzene rings is 1. The number of carbonyl (C=O) groups excluding carboxylic acids is 1. The molecule has 0 aromatic heterocycles. The van der Waals surface area contributed by atoms with E-state index in [1.165, 1.54) is 25.3 Å². The summed E-state index contributed by atoms with van der Waals surface area (Å²) < 4.78 is 17.8. The first-order chi connectivity index (χ1) is 7.06. The summed E-state index contributed by atoms with van der Waals surface area (Å²) >= 11 is 5.78. The summed E-state index contributed by atoms with van der Waals surface area (Å²) in [6, 6.07) is 3.47. The van der Waals surface area contributed by atoms with Gasteiger partial charge in [-0.3, -0.25) is 4.79 Å². The fourth-order valence-corrected chi connectivity index (χ4v) is 1.53. The molecule has 0 aliphatic carbocycles. The molecule has 0 amide bonds. The zero-order valence-corrected chi connectivity index (χ0v) is 8.92. The predicted molar refractivity (Wildman–Crippen MR) is 55.0 cm³/mol. The van der Waals surface area contributed by atoms with Crippen molar-refractivity contribution in [1.82, 2.24) is 0 Å². The van der Waals surface area contributed by atoms with E-state index < -0.39 is 17.8 Å². The van der Waals surface area contributed by atoms with Crippen molar-refractivity contribution >= 4 is 17.6 Å². The van der Waals surface area contributed by atoms with E-state index in [-0.39, 0.29) is 17.0 Å². The average Bonchev–Trinajstić information content (AvgIpc) is 2.17. The molecule has 5 heteroatoms. The molecule has 2 N–H and O–H groups in total. The zero-order valence-electron chi connectivity index (χ0n) is 8.17. The first-order valence-corrected chi connectivity index (χ1v) is 4.70. The summed E-state index contributed by atoms with van der Waals surface area (Å²) in [5.41, 5.74) is 5.79. The zero-order chi connectivity index (χ0) is 11.4. The number of carbonyl (C=O) groups is 1. The lowest BCUT2D eigenvalue weighted by atomic mass is 10.0. The molecule has 0 heterocycles. The van der Waals surface area contributed by atoms with Gasteiger partial charge in [0.25, 0.3) is 0 Å². The van der Waals surface area contributed by atoms with Crippen LogP contribution in [0, 0.1) is 5.82 Å². The van der Waals surface area contributed by atoms with Crippen LogP contribution in [0.5, 0.6) is 0 Å². The second kappa shape index (κ2) is 5.09. The molecule has 15 heavy (non-hydrogen) atoms. The molecule has 1 atom stereocenters. The first kappa shape index (κ1) is 11.9. The van der Waals surface area contributed by atoms with Gasteiger partial charge in [-0.15, -0.1) is 0 Å². The molecule has 0 aliphatic heterocycles. The summed E-state index contributed by atoms with van der Waals surface area (Å²) in [4.78, 5) is 11.0. The van der Waals surface area contributed by atoms with Gasteiger partial charge in [-0.25, -0.2) is 4.39 Å². The average molecular weight is 232 g/mol. The van der Waals surface area contributed by atoms with Crippen molar-refractivity contribution in [1.29, 1.82) is 0 Å². The van der Waals surface area contributed by atoms with E-state index in [2.05, 4.69) is 4.74 Å². The van der Waals surface area contributed by atoms with Crippen molar-refractivity contribution in [2.24, 2.45) is 5.73 Å². The highest BCUT2D eigenvalue weighted by molar-refractivity contribution is 6.31. The topological polar surface area (TPSA) is 52.3 Å². The number of rotatable bonds is 3. The quantitative estimate of drug-likeness (QED) is 0.810. The van der Waals surface area contributed by atoms with Crippen molar-refractivity contribution < 1.29 is 13.9 Å². The first-order valence-electron chi connectivity index (χ1n) is 4.32. The Balaban J connectivity index is 2.90. The number of hydrogen-bond acceptors (Lipinski definition) is 3. The molecule has 1 aromatic carbocycles. The second-order valence-corrected chi connectivity index (χ2v) is 3.43. The number of hydrogen-bond donors (Lipinski definition) is 1. The fourth-order valence-electron chi connectivity index (χ4n) is 1.23. The largest absolute Gasteiger partial charge is 0.469 e. The monoisotopic (exact) mass is 231 g/mol. The van der Waals surface area contributed by atoms with Gasteiger partial charge in [0, 0.05) is 16.6 Å². The number of halogens is 2. The van der Waals surface area contributed by atoms with Crippen LogP contribution < -0.4 is 5.73 Å². The Morgan fingerprint density at radius 1 is 1.67 bits per heavy atom. The van der Waals surface area contributed by atoms with Crippen LogP contribution in [-0.2, 0) is 9.53 Å². The maximum Gasteiger partial charge on any atom is 0.307 e. The molecule has 3 nitrogen and oxygen atoms in total. The van der Waals surface area contributed by atoms with Crippen LogP contribution in [0.2, 0.25) is 5.02 Å². The molecule has 0 fully saturated rings. The number of methoxy groups -OCH3 is 1.